The molecule has 1 atom stereocenters. The van der Waals surface area contributed by atoms with Crippen LogP contribution in [0.5, 0.6) is 0 Å². The maximum absolute atomic E-state index is 12.8. The molecule has 0 aliphatic heterocycles. The summed E-state index contributed by atoms with van der Waals surface area (Å²) in [6.45, 7) is 6.58. The molecule has 0 aliphatic rings. The summed E-state index contributed by atoms with van der Waals surface area (Å²) in [5.41, 5.74) is 0. The van der Waals surface area contributed by atoms with Crippen LogP contribution < -0.4 is 0 Å². The van der Waals surface area contributed by atoms with Crippen LogP contribution in [0.3, 0.4) is 0 Å². The zero-order valence-electron chi connectivity index (χ0n) is 40.4. The molecule has 0 radical (unpaired) electrons. The van der Waals surface area contributed by atoms with Gasteiger partial charge in [-0.05, 0) is 83.5 Å². The SMILES string of the molecule is CCCCC/C=C\C/C=C\C/C=C\CCCCCCCCC(=O)OCC(COC(=O)CCCCCCCCCCC)OC(=O)CCCCCCC/C=C\CCCCCCCC. The van der Waals surface area contributed by atoms with Gasteiger partial charge < -0.3 is 14.2 Å². The second-order valence-electron chi connectivity index (χ2n) is 17.4. The first-order valence-corrected chi connectivity index (χ1v) is 26.1. The van der Waals surface area contributed by atoms with E-state index in [0.717, 1.165) is 89.9 Å². The molecule has 0 rings (SSSR count). The summed E-state index contributed by atoms with van der Waals surface area (Å²) >= 11 is 0. The normalized spacial score (nSPS) is 12.4. The highest BCUT2D eigenvalue weighted by atomic mass is 16.6. The molecule has 61 heavy (non-hydrogen) atoms. The number of carbonyl (C=O) groups is 3. The fourth-order valence-electron chi connectivity index (χ4n) is 7.33. The molecule has 0 fully saturated rings. The topological polar surface area (TPSA) is 78.9 Å². The molecule has 0 aromatic rings. The Morgan fingerprint density at radius 2 is 0.590 bits per heavy atom. The fourth-order valence-corrected chi connectivity index (χ4v) is 7.33. The van der Waals surface area contributed by atoms with Crippen molar-refractivity contribution in [2.75, 3.05) is 13.2 Å². The smallest absolute Gasteiger partial charge is 0.306 e. The quantitative estimate of drug-likeness (QED) is 0.0263. The fraction of sp³-hybridized carbons (Fsp3) is 0.800. The van der Waals surface area contributed by atoms with Crippen LogP contribution in [0.2, 0.25) is 0 Å². The predicted molar refractivity (Wildman–Crippen MR) is 261 cm³/mol. The molecule has 0 amide bonds. The number of hydrogen-bond acceptors (Lipinski definition) is 6. The minimum atomic E-state index is -0.779. The molecule has 0 aromatic carbocycles. The van der Waals surface area contributed by atoms with Crippen LogP contribution >= 0.6 is 0 Å². The summed E-state index contributed by atoms with van der Waals surface area (Å²) in [7, 11) is 0. The minimum Gasteiger partial charge on any atom is -0.462 e. The highest BCUT2D eigenvalue weighted by molar-refractivity contribution is 5.71. The number of allylic oxidation sites excluding steroid dienone is 8. The van der Waals surface area contributed by atoms with E-state index in [1.54, 1.807) is 0 Å². The number of hydrogen-bond donors (Lipinski definition) is 0. The van der Waals surface area contributed by atoms with Gasteiger partial charge in [0.1, 0.15) is 13.2 Å². The van der Waals surface area contributed by atoms with E-state index in [4.69, 9.17) is 14.2 Å². The van der Waals surface area contributed by atoms with Crippen molar-refractivity contribution >= 4 is 17.9 Å². The zero-order valence-corrected chi connectivity index (χ0v) is 40.4. The molecule has 1 unspecified atom stereocenters. The second-order valence-corrected chi connectivity index (χ2v) is 17.4. The molecular weight excluding hydrogens is 757 g/mol. The summed E-state index contributed by atoms with van der Waals surface area (Å²) in [5, 5.41) is 0. The molecule has 0 bridgehead atoms. The highest BCUT2D eigenvalue weighted by Crippen LogP contribution is 2.14. The van der Waals surface area contributed by atoms with Gasteiger partial charge in [-0.3, -0.25) is 14.4 Å². The Bertz CT molecular complexity index is 1070. The van der Waals surface area contributed by atoms with E-state index in [0.29, 0.717) is 19.3 Å². The van der Waals surface area contributed by atoms with Gasteiger partial charge in [0.15, 0.2) is 6.10 Å². The van der Waals surface area contributed by atoms with Gasteiger partial charge in [-0.1, -0.05) is 211 Å². The Morgan fingerprint density at radius 1 is 0.328 bits per heavy atom. The van der Waals surface area contributed by atoms with Gasteiger partial charge >= 0.3 is 17.9 Å². The maximum Gasteiger partial charge on any atom is 0.306 e. The van der Waals surface area contributed by atoms with Crippen LogP contribution in [0, 0.1) is 0 Å². The van der Waals surface area contributed by atoms with E-state index in [1.165, 1.54) is 135 Å². The van der Waals surface area contributed by atoms with Gasteiger partial charge in [0.2, 0.25) is 0 Å². The minimum absolute atomic E-state index is 0.0790. The van der Waals surface area contributed by atoms with Gasteiger partial charge in [0, 0.05) is 19.3 Å². The average molecular weight is 855 g/mol. The number of unbranched alkanes of at least 4 members (excludes halogenated alkanes) is 28. The lowest BCUT2D eigenvalue weighted by Gasteiger charge is -2.18. The van der Waals surface area contributed by atoms with Gasteiger partial charge in [-0.25, -0.2) is 0 Å². The molecule has 354 valence electrons. The van der Waals surface area contributed by atoms with E-state index in [9.17, 15) is 14.4 Å². The third-order valence-electron chi connectivity index (χ3n) is 11.3. The van der Waals surface area contributed by atoms with Crippen LogP contribution in [0.15, 0.2) is 48.6 Å². The van der Waals surface area contributed by atoms with Crippen LogP contribution in [-0.4, -0.2) is 37.2 Å². The second kappa shape index (κ2) is 50.0. The number of rotatable bonds is 47. The van der Waals surface area contributed by atoms with Crippen LogP contribution in [0.25, 0.3) is 0 Å². The Hall–Kier alpha value is -2.63. The van der Waals surface area contributed by atoms with Crippen LogP contribution in [0.4, 0.5) is 0 Å². The van der Waals surface area contributed by atoms with Crippen molar-refractivity contribution in [3.63, 3.8) is 0 Å². The number of carbonyl (C=O) groups excluding carboxylic acids is 3. The zero-order chi connectivity index (χ0) is 44.4. The maximum atomic E-state index is 12.8. The van der Waals surface area contributed by atoms with Gasteiger partial charge in [-0.15, -0.1) is 0 Å². The Morgan fingerprint density at radius 3 is 0.967 bits per heavy atom. The molecule has 0 saturated carbocycles. The number of esters is 3. The van der Waals surface area contributed by atoms with Crippen molar-refractivity contribution in [2.45, 2.75) is 271 Å². The van der Waals surface area contributed by atoms with Crippen molar-refractivity contribution in [3.05, 3.63) is 48.6 Å². The molecule has 0 spiro atoms. The van der Waals surface area contributed by atoms with Gasteiger partial charge in [0.05, 0.1) is 0 Å². The first-order chi connectivity index (χ1) is 30.0. The van der Waals surface area contributed by atoms with E-state index < -0.39 is 6.10 Å². The van der Waals surface area contributed by atoms with Crippen molar-refractivity contribution in [2.24, 2.45) is 0 Å². The summed E-state index contributed by atoms with van der Waals surface area (Å²) in [4.78, 5) is 37.9. The summed E-state index contributed by atoms with van der Waals surface area (Å²) in [6, 6.07) is 0. The lowest BCUT2D eigenvalue weighted by atomic mass is 10.1. The third-order valence-corrected chi connectivity index (χ3v) is 11.3. The van der Waals surface area contributed by atoms with Gasteiger partial charge in [-0.2, -0.15) is 0 Å². The van der Waals surface area contributed by atoms with E-state index in [1.807, 2.05) is 0 Å². The lowest BCUT2D eigenvalue weighted by molar-refractivity contribution is -0.167. The molecule has 6 heteroatoms. The average Bonchev–Trinajstić information content (AvgIpc) is 3.26. The third kappa shape index (κ3) is 48.3. The first kappa shape index (κ1) is 58.4. The molecular formula is C55H98O6. The molecule has 0 aliphatic carbocycles. The van der Waals surface area contributed by atoms with Crippen molar-refractivity contribution in [3.8, 4) is 0 Å². The summed E-state index contributed by atoms with van der Waals surface area (Å²) in [6.07, 6.45) is 59.5. The first-order valence-electron chi connectivity index (χ1n) is 26.1. The molecule has 0 N–H and O–H groups in total. The molecule has 0 saturated heterocycles. The molecule has 6 nitrogen and oxygen atoms in total. The van der Waals surface area contributed by atoms with Crippen LogP contribution in [0.1, 0.15) is 265 Å². The Balaban J connectivity index is 4.34. The number of ether oxygens (including phenoxy) is 3. The monoisotopic (exact) mass is 855 g/mol. The standard InChI is InChI=1S/C55H98O6/c1-4-7-10-13-16-19-21-23-25-26-27-28-30-31-33-36-39-42-45-48-54(57)60-51-52(50-59-53(56)47-44-41-38-35-18-15-12-9-6-3)61-55(58)49-46-43-40-37-34-32-29-24-22-20-17-14-11-8-5-2/h16,19,23-25,27-29,52H,4-15,17-18,20-22,26,30-51H2,1-3H3/b19-16-,25-23-,28-27-,29-24-. The van der Waals surface area contributed by atoms with Crippen LogP contribution in [-0.2, 0) is 28.6 Å². The molecule has 0 heterocycles. The summed E-state index contributed by atoms with van der Waals surface area (Å²) < 4.78 is 16.8. The predicted octanol–water partition coefficient (Wildman–Crippen LogP) is 17.1. The molecule has 0 aromatic heterocycles. The lowest BCUT2D eigenvalue weighted by Crippen LogP contribution is -2.30. The van der Waals surface area contributed by atoms with E-state index in [2.05, 4.69) is 69.4 Å². The summed E-state index contributed by atoms with van der Waals surface area (Å²) in [5.74, 6) is -0.897. The highest BCUT2D eigenvalue weighted by Gasteiger charge is 2.19. The van der Waals surface area contributed by atoms with Crippen molar-refractivity contribution in [1.82, 2.24) is 0 Å². The Labute approximate surface area is 378 Å². The van der Waals surface area contributed by atoms with Crippen molar-refractivity contribution < 1.29 is 28.6 Å². The van der Waals surface area contributed by atoms with E-state index in [-0.39, 0.29) is 31.1 Å². The van der Waals surface area contributed by atoms with Crippen molar-refractivity contribution in [1.29, 1.82) is 0 Å². The van der Waals surface area contributed by atoms with E-state index >= 15 is 0 Å². The largest absolute Gasteiger partial charge is 0.462 e. The van der Waals surface area contributed by atoms with Gasteiger partial charge in [0.25, 0.3) is 0 Å². The Kier molecular flexibility index (Phi) is 47.9.